The Kier molecular flexibility index (Phi) is 8.93. The van der Waals surface area contributed by atoms with Gasteiger partial charge in [0.05, 0.1) is 11.1 Å². The van der Waals surface area contributed by atoms with Crippen molar-refractivity contribution < 1.29 is 28.6 Å². The normalized spacial score (nSPS) is 12.8. The summed E-state index contributed by atoms with van der Waals surface area (Å²) in [5.74, 6) is -1.68. The fourth-order valence-corrected chi connectivity index (χ4v) is 3.39. The molecule has 0 radical (unpaired) electrons. The van der Waals surface area contributed by atoms with Crippen LogP contribution in [0.25, 0.3) is 16.4 Å². The molecule has 1 aromatic carbocycles. The van der Waals surface area contributed by atoms with Crippen molar-refractivity contribution >= 4 is 46.4 Å². The van der Waals surface area contributed by atoms with Gasteiger partial charge in [-0.3, -0.25) is 9.59 Å². The number of hydrogen-bond donors (Lipinski definition) is 2. The number of ether oxygens (including phenoxy) is 2. The summed E-state index contributed by atoms with van der Waals surface area (Å²) >= 11 is 6.30. The second-order valence-corrected chi connectivity index (χ2v) is 7.61. The van der Waals surface area contributed by atoms with Crippen molar-refractivity contribution in [2.45, 2.75) is 51.4 Å². The Morgan fingerprint density at radius 1 is 1.32 bits per heavy atom. The third kappa shape index (κ3) is 6.75. The zero-order valence-corrected chi connectivity index (χ0v) is 18.3. The molecule has 1 aromatic heterocycles. The van der Waals surface area contributed by atoms with E-state index in [1.807, 2.05) is 12.1 Å². The summed E-state index contributed by atoms with van der Waals surface area (Å²) in [6, 6.07) is 4.39. The zero-order valence-electron chi connectivity index (χ0n) is 17.6. The first-order valence-electron chi connectivity index (χ1n) is 9.75. The van der Waals surface area contributed by atoms with E-state index in [9.17, 15) is 14.4 Å². The minimum absolute atomic E-state index is 0.0164. The Hall–Kier alpha value is -3.00. The maximum atomic E-state index is 12.9. The van der Waals surface area contributed by atoms with Crippen molar-refractivity contribution in [2.24, 2.45) is 0 Å². The zero-order chi connectivity index (χ0) is 23.0. The van der Waals surface area contributed by atoms with Crippen molar-refractivity contribution in [1.29, 1.82) is 0 Å². The van der Waals surface area contributed by atoms with E-state index in [1.165, 1.54) is 7.11 Å². The molecule has 0 bridgehead atoms. The predicted octanol–water partition coefficient (Wildman–Crippen LogP) is 2.47. The van der Waals surface area contributed by atoms with Crippen molar-refractivity contribution in [3.63, 3.8) is 0 Å². The van der Waals surface area contributed by atoms with Crippen LogP contribution in [0.15, 0.2) is 24.4 Å². The molecule has 0 saturated carbocycles. The number of Topliss-reactive ketones (excluding diaryl/α,β-unsaturated/α-hetero) is 1. The molecule has 9 nitrogen and oxygen atoms in total. The first-order valence-corrected chi connectivity index (χ1v) is 10.1. The molecule has 0 fully saturated rings. The molecule has 10 heteroatoms. The molecular formula is C21H25ClN4O5. The fraction of sp³-hybridized carbons (Fsp3) is 0.429. The number of amides is 1. The smallest absolute Gasteiger partial charge is 0.328 e. The summed E-state index contributed by atoms with van der Waals surface area (Å²) in [5.41, 5.74) is 10.1. The molecule has 0 aliphatic carbocycles. The summed E-state index contributed by atoms with van der Waals surface area (Å²) in [5, 5.41) is 3.95. The number of fused-ring (bicyclic) bond motifs is 1. The van der Waals surface area contributed by atoms with Gasteiger partial charge in [0.25, 0.3) is 0 Å². The number of hydrogen-bond acceptors (Lipinski definition) is 5. The van der Waals surface area contributed by atoms with Crippen LogP contribution >= 0.6 is 11.6 Å². The summed E-state index contributed by atoms with van der Waals surface area (Å²) in [6.07, 6.45) is 1.29. The third-order valence-electron chi connectivity index (χ3n) is 4.55. The van der Waals surface area contributed by atoms with Gasteiger partial charge in [-0.1, -0.05) is 17.7 Å². The molecule has 0 aliphatic heterocycles. The van der Waals surface area contributed by atoms with Crippen molar-refractivity contribution in [1.82, 2.24) is 10.3 Å². The van der Waals surface area contributed by atoms with Crippen molar-refractivity contribution in [3.05, 3.63) is 40.5 Å². The van der Waals surface area contributed by atoms with Crippen LogP contribution in [0.5, 0.6) is 0 Å². The van der Waals surface area contributed by atoms with Gasteiger partial charge in [0.2, 0.25) is 11.7 Å². The molecule has 0 aliphatic rings. The molecule has 1 amide bonds. The molecule has 166 valence electrons. The number of carbonyl (C=O) groups excluding carboxylic acids is 3. The number of halogens is 1. The van der Waals surface area contributed by atoms with Gasteiger partial charge < -0.3 is 25.3 Å². The summed E-state index contributed by atoms with van der Waals surface area (Å²) < 4.78 is 10.5. The van der Waals surface area contributed by atoms with Gasteiger partial charge in [0, 0.05) is 37.1 Å². The van der Waals surface area contributed by atoms with Crippen molar-refractivity contribution in [2.75, 3.05) is 7.11 Å². The predicted molar refractivity (Wildman–Crippen MR) is 115 cm³/mol. The Morgan fingerprint density at radius 3 is 2.71 bits per heavy atom. The molecule has 2 atom stereocenters. The number of nitrogens with one attached hydrogen (secondary N) is 2. The van der Waals surface area contributed by atoms with E-state index < -0.39 is 35.9 Å². The standard InChI is InChI=1S/C21H25ClN4O5/c1-12(2)31-21(29)17(8-7-14(27)11-25-23)26-20(28)18(30-3)9-13-10-24-16-6-4-5-15(22)19(13)16/h4-6,10-12,17-18,24H,7-9H2,1-3H3,(H,26,28)/t17-,18-/m0/s1. The van der Waals surface area contributed by atoms with Gasteiger partial charge >= 0.3 is 12.2 Å². The number of nitrogens with zero attached hydrogens (tertiary/aromatic N) is 2. The van der Waals surface area contributed by atoms with Crippen LogP contribution in [0.4, 0.5) is 0 Å². The molecule has 2 aromatic rings. The summed E-state index contributed by atoms with van der Waals surface area (Å²) in [7, 11) is 1.39. The molecule has 0 saturated heterocycles. The highest BCUT2D eigenvalue weighted by molar-refractivity contribution is 6.35. The Bertz CT molecular complexity index is 997. The minimum Gasteiger partial charge on any atom is -0.461 e. The number of carbonyl (C=O) groups is 3. The topological polar surface area (TPSA) is 134 Å². The molecule has 2 N–H and O–H groups in total. The quantitative estimate of drug-likeness (QED) is 0.235. The van der Waals surface area contributed by atoms with Gasteiger partial charge in [-0.05, 0) is 38.0 Å². The van der Waals surface area contributed by atoms with Gasteiger partial charge in [0.15, 0.2) is 0 Å². The average Bonchev–Trinajstić information content (AvgIpc) is 3.12. The number of ketones is 1. The van der Waals surface area contributed by atoms with Crippen LogP contribution in [0.1, 0.15) is 32.3 Å². The van der Waals surface area contributed by atoms with Crippen LogP contribution in [-0.2, 0) is 30.3 Å². The van der Waals surface area contributed by atoms with Crippen LogP contribution in [0, 0.1) is 0 Å². The molecule has 0 unspecified atom stereocenters. The maximum Gasteiger partial charge on any atom is 0.328 e. The molecular weight excluding hydrogens is 424 g/mol. The largest absolute Gasteiger partial charge is 0.461 e. The second-order valence-electron chi connectivity index (χ2n) is 7.20. The Labute approximate surface area is 184 Å². The van der Waals surface area contributed by atoms with E-state index in [1.54, 1.807) is 26.1 Å². The van der Waals surface area contributed by atoms with Gasteiger partial charge in [-0.2, -0.15) is 4.79 Å². The number of rotatable bonds is 11. The highest BCUT2D eigenvalue weighted by Gasteiger charge is 2.28. The highest BCUT2D eigenvalue weighted by atomic mass is 35.5. The van der Waals surface area contributed by atoms with Gasteiger partial charge in [0.1, 0.15) is 12.1 Å². The van der Waals surface area contributed by atoms with Gasteiger partial charge in [-0.15, -0.1) is 0 Å². The van der Waals surface area contributed by atoms with E-state index >= 15 is 0 Å². The molecule has 0 spiro atoms. The molecule has 1 heterocycles. The Morgan fingerprint density at radius 2 is 2.06 bits per heavy atom. The second kappa shape index (κ2) is 11.4. The first-order chi connectivity index (χ1) is 14.8. The summed E-state index contributed by atoms with van der Waals surface area (Å²) in [4.78, 5) is 42.7. The van der Waals surface area contributed by atoms with E-state index in [2.05, 4.69) is 15.1 Å². The van der Waals surface area contributed by atoms with E-state index in [-0.39, 0.29) is 19.3 Å². The fourth-order valence-electron chi connectivity index (χ4n) is 3.10. The van der Waals surface area contributed by atoms with E-state index in [0.29, 0.717) is 5.02 Å². The number of aromatic nitrogens is 1. The SMILES string of the molecule is CO[C@@H](Cc1c[nH]c2cccc(Cl)c12)C(=O)N[C@@H](CCC(=O)C=[N+]=[N-])C(=O)OC(C)C. The van der Waals surface area contributed by atoms with Crippen molar-refractivity contribution in [3.8, 4) is 0 Å². The van der Waals surface area contributed by atoms with Crippen LogP contribution < -0.4 is 5.32 Å². The highest BCUT2D eigenvalue weighted by Crippen LogP contribution is 2.27. The van der Waals surface area contributed by atoms with Crippen LogP contribution in [0.2, 0.25) is 5.02 Å². The average molecular weight is 449 g/mol. The van der Waals surface area contributed by atoms with E-state index in [4.69, 9.17) is 26.6 Å². The molecule has 31 heavy (non-hydrogen) atoms. The van der Waals surface area contributed by atoms with Crippen LogP contribution in [-0.4, -0.2) is 59.0 Å². The number of aromatic amines is 1. The lowest BCUT2D eigenvalue weighted by Crippen LogP contribution is -2.48. The minimum atomic E-state index is -1.06. The van der Waals surface area contributed by atoms with Crippen LogP contribution in [0.3, 0.4) is 0 Å². The Balaban J connectivity index is 2.15. The first kappa shape index (κ1) is 24.3. The monoisotopic (exact) mass is 448 g/mol. The number of H-pyrrole nitrogens is 1. The lowest BCUT2D eigenvalue weighted by molar-refractivity contribution is -0.152. The summed E-state index contributed by atoms with van der Waals surface area (Å²) in [6.45, 7) is 3.36. The third-order valence-corrected chi connectivity index (χ3v) is 4.87. The van der Waals surface area contributed by atoms with E-state index in [0.717, 1.165) is 22.7 Å². The number of benzene rings is 1. The number of methoxy groups -OCH3 is 1. The number of esters is 1. The molecule has 2 rings (SSSR count). The lowest BCUT2D eigenvalue weighted by atomic mass is 10.0. The lowest BCUT2D eigenvalue weighted by Gasteiger charge is -2.21. The van der Waals surface area contributed by atoms with Gasteiger partial charge in [-0.25, -0.2) is 4.79 Å². The maximum absolute atomic E-state index is 12.9.